The maximum Gasteiger partial charge on any atom is 0.416 e. The molecule has 2 N–H and O–H groups in total. The van der Waals surface area contributed by atoms with Gasteiger partial charge in [0.15, 0.2) is 0 Å². The van der Waals surface area contributed by atoms with Gasteiger partial charge in [-0.2, -0.15) is 13.2 Å². The zero-order chi connectivity index (χ0) is 27.6. The van der Waals surface area contributed by atoms with Crippen LogP contribution < -0.4 is 15.4 Å². The molecule has 39 heavy (non-hydrogen) atoms. The molecule has 2 aromatic carbocycles. The Hall–Kier alpha value is -4.12. The van der Waals surface area contributed by atoms with Crippen molar-refractivity contribution in [3.05, 3.63) is 66.4 Å². The Balaban J connectivity index is 1.24. The van der Waals surface area contributed by atoms with Gasteiger partial charge in [0, 0.05) is 31.1 Å². The third kappa shape index (κ3) is 6.48. The highest BCUT2D eigenvalue weighted by atomic mass is 19.4. The monoisotopic (exact) mass is 538 g/mol. The Kier molecular flexibility index (Phi) is 7.42. The number of benzene rings is 2. The predicted molar refractivity (Wildman–Crippen MR) is 143 cm³/mol. The predicted octanol–water partition coefficient (Wildman–Crippen LogP) is 6.19. The highest BCUT2D eigenvalue weighted by Gasteiger charge is 2.30. The fraction of sp³-hybridized carbons (Fsp3) is 0.321. The third-order valence-electron chi connectivity index (χ3n) is 6.80. The number of ether oxygens (including phenoxy) is 1. The molecule has 0 bridgehead atoms. The molecule has 0 aliphatic carbocycles. The second kappa shape index (κ2) is 10.9. The van der Waals surface area contributed by atoms with Gasteiger partial charge in [-0.3, -0.25) is 9.69 Å². The summed E-state index contributed by atoms with van der Waals surface area (Å²) in [5.41, 5.74) is 1.23. The van der Waals surface area contributed by atoms with Crippen molar-refractivity contribution in [1.29, 1.82) is 0 Å². The molecule has 204 valence electrons. The average Bonchev–Trinajstić information content (AvgIpc) is 3.19. The van der Waals surface area contributed by atoms with Crippen molar-refractivity contribution < 1.29 is 22.7 Å². The van der Waals surface area contributed by atoms with Gasteiger partial charge in [-0.25, -0.2) is 9.97 Å². The molecule has 3 heterocycles. The molecule has 1 saturated heterocycles. The number of anilines is 3. The first-order valence-electron chi connectivity index (χ1n) is 12.7. The molecule has 1 aliphatic heterocycles. The fourth-order valence-corrected chi connectivity index (χ4v) is 4.51. The Morgan fingerprint density at radius 1 is 1.05 bits per heavy atom. The molecule has 0 atom stereocenters. The van der Waals surface area contributed by atoms with E-state index in [1.54, 1.807) is 35.0 Å². The van der Waals surface area contributed by atoms with Gasteiger partial charge in [-0.15, -0.1) is 0 Å². The summed E-state index contributed by atoms with van der Waals surface area (Å²) in [6, 6.07) is 13.5. The van der Waals surface area contributed by atoms with E-state index in [0.717, 1.165) is 43.6 Å². The number of fused-ring (bicyclic) bond motifs is 1. The van der Waals surface area contributed by atoms with Gasteiger partial charge < -0.3 is 19.9 Å². The van der Waals surface area contributed by atoms with Crippen molar-refractivity contribution in [2.75, 3.05) is 30.3 Å². The number of rotatable bonds is 7. The number of imidazole rings is 1. The number of nitrogens with zero attached hydrogens (tertiary/aromatic N) is 4. The van der Waals surface area contributed by atoms with Crippen molar-refractivity contribution in [3.8, 4) is 11.5 Å². The fourth-order valence-electron chi connectivity index (χ4n) is 4.51. The number of pyridine rings is 1. The highest BCUT2D eigenvalue weighted by molar-refractivity contribution is 5.91. The van der Waals surface area contributed by atoms with Crippen molar-refractivity contribution >= 4 is 34.4 Å². The van der Waals surface area contributed by atoms with E-state index in [1.165, 1.54) is 12.1 Å². The minimum atomic E-state index is -4.39. The number of amides is 1. The van der Waals surface area contributed by atoms with E-state index in [-0.39, 0.29) is 5.91 Å². The Morgan fingerprint density at radius 2 is 1.77 bits per heavy atom. The smallest absolute Gasteiger partial charge is 0.416 e. The van der Waals surface area contributed by atoms with Crippen LogP contribution in [0.3, 0.4) is 0 Å². The van der Waals surface area contributed by atoms with Gasteiger partial charge in [-0.1, -0.05) is 6.92 Å². The number of aryl methyl sites for hydroxylation is 1. The van der Waals surface area contributed by atoms with Crippen LogP contribution in [0.2, 0.25) is 0 Å². The molecule has 0 saturated carbocycles. The number of hydrogen-bond acceptors (Lipinski definition) is 6. The first-order valence-corrected chi connectivity index (χ1v) is 12.7. The van der Waals surface area contributed by atoms with Gasteiger partial charge in [0.25, 0.3) is 0 Å². The molecule has 5 rings (SSSR count). The second-order valence-corrected chi connectivity index (χ2v) is 9.83. The molecular formula is C28H29F3N6O2. The molecule has 1 aliphatic rings. The summed E-state index contributed by atoms with van der Waals surface area (Å²) in [4.78, 5) is 23.5. The van der Waals surface area contributed by atoms with Crippen LogP contribution in [0.5, 0.6) is 11.5 Å². The van der Waals surface area contributed by atoms with Gasteiger partial charge in [-0.05, 0) is 74.3 Å². The van der Waals surface area contributed by atoms with Crippen LogP contribution in [-0.4, -0.2) is 45.0 Å². The topological polar surface area (TPSA) is 84.3 Å². The van der Waals surface area contributed by atoms with E-state index in [4.69, 9.17) is 4.74 Å². The number of piperidine rings is 1. The molecule has 0 radical (unpaired) electrons. The van der Waals surface area contributed by atoms with Crippen LogP contribution in [0.1, 0.15) is 25.3 Å². The SMILES string of the molecule is CC1CCN(CC(=O)Nc2cc(Oc3ccc4c(c3)nc(Nc3ccc(C(F)(F)F)cc3)n4C)ccn2)CC1. The van der Waals surface area contributed by atoms with E-state index in [0.29, 0.717) is 46.9 Å². The number of aromatic nitrogens is 3. The first-order chi connectivity index (χ1) is 18.6. The highest BCUT2D eigenvalue weighted by Crippen LogP contribution is 2.31. The molecule has 0 unspecified atom stereocenters. The van der Waals surface area contributed by atoms with Crippen LogP contribution in [0.25, 0.3) is 11.0 Å². The van der Waals surface area contributed by atoms with Gasteiger partial charge in [0.1, 0.15) is 17.3 Å². The number of halogens is 3. The van der Waals surface area contributed by atoms with Crippen LogP contribution >= 0.6 is 0 Å². The number of alkyl halides is 3. The summed E-state index contributed by atoms with van der Waals surface area (Å²) in [5, 5.41) is 5.90. The normalized spacial score (nSPS) is 14.9. The summed E-state index contributed by atoms with van der Waals surface area (Å²) in [5.74, 6) is 2.51. The maximum absolute atomic E-state index is 12.8. The lowest BCUT2D eigenvalue weighted by Gasteiger charge is -2.29. The third-order valence-corrected chi connectivity index (χ3v) is 6.80. The van der Waals surface area contributed by atoms with Crippen molar-refractivity contribution in [3.63, 3.8) is 0 Å². The molecule has 8 nitrogen and oxygen atoms in total. The maximum atomic E-state index is 12.8. The average molecular weight is 539 g/mol. The van der Waals surface area contributed by atoms with Gasteiger partial charge in [0.05, 0.1) is 23.1 Å². The van der Waals surface area contributed by atoms with Crippen molar-refractivity contribution in [1.82, 2.24) is 19.4 Å². The Bertz CT molecular complexity index is 1460. The van der Waals surface area contributed by atoms with Crippen LogP contribution in [-0.2, 0) is 18.0 Å². The Morgan fingerprint density at radius 3 is 2.49 bits per heavy atom. The molecule has 0 spiro atoms. The number of nitrogens with one attached hydrogen (secondary N) is 2. The number of carbonyl (C=O) groups excluding carboxylic acids is 1. The van der Waals surface area contributed by atoms with E-state index in [1.807, 2.05) is 13.1 Å². The van der Waals surface area contributed by atoms with Crippen LogP contribution in [0.15, 0.2) is 60.8 Å². The number of hydrogen-bond donors (Lipinski definition) is 2. The summed E-state index contributed by atoms with van der Waals surface area (Å²) >= 11 is 0. The lowest BCUT2D eigenvalue weighted by molar-refractivity contribution is -0.137. The molecule has 2 aromatic heterocycles. The number of carbonyl (C=O) groups is 1. The summed E-state index contributed by atoms with van der Waals surface area (Å²) in [6.45, 7) is 4.40. The number of likely N-dealkylation sites (tertiary alicyclic amines) is 1. The minimum absolute atomic E-state index is 0.114. The lowest BCUT2D eigenvalue weighted by Crippen LogP contribution is -2.38. The molecule has 4 aromatic rings. The zero-order valence-electron chi connectivity index (χ0n) is 21.6. The van der Waals surface area contributed by atoms with E-state index < -0.39 is 11.7 Å². The zero-order valence-corrected chi connectivity index (χ0v) is 21.6. The quantitative estimate of drug-likeness (QED) is 0.292. The second-order valence-electron chi connectivity index (χ2n) is 9.83. The molecule has 11 heteroatoms. The van der Waals surface area contributed by atoms with Gasteiger partial charge in [0.2, 0.25) is 11.9 Å². The lowest BCUT2D eigenvalue weighted by atomic mass is 9.99. The van der Waals surface area contributed by atoms with Crippen molar-refractivity contribution in [2.45, 2.75) is 25.9 Å². The van der Waals surface area contributed by atoms with Crippen LogP contribution in [0.4, 0.5) is 30.6 Å². The summed E-state index contributed by atoms with van der Waals surface area (Å²) in [6.07, 6.45) is -0.622. The largest absolute Gasteiger partial charge is 0.457 e. The van der Waals surface area contributed by atoms with E-state index in [2.05, 4.69) is 32.4 Å². The summed E-state index contributed by atoms with van der Waals surface area (Å²) < 4.78 is 46.4. The van der Waals surface area contributed by atoms with Crippen molar-refractivity contribution in [2.24, 2.45) is 13.0 Å². The standard InChI is InChI=1S/C28H29F3N6O2/c1-18-10-13-37(14-11-18)17-26(38)35-25-16-22(9-12-32-25)39-21-7-8-24-23(15-21)34-27(36(24)2)33-20-5-3-19(4-6-20)28(29,30)31/h3-9,12,15-16,18H,10-11,13-14,17H2,1-2H3,(H,33,34)(H,32,35,38). The Labute approximate surface area is 223 Å². The molecular weight excluding hydrogens is 509 g/mol. The van der Waals surface area contributed by atoms with E-state index >= 15 is 0 Å². The molecule has 1 fully saturated rings. The first kappa shape index (κ1) is 26.5. The molecule has 1 amide bonds. The van der Waals surface area contributed by atoms with Gasteiger partial charge >= 0.3 is 6.18 Å². The van der Waals surface area contributed by atoms with E-state index in [9.17, 15) is 18.0 Å². The minimum Gasteiger partial charge on any atom is -0.457 e. The summed E-state index contributed by atoms with van der Waals surface area (Å²) in [7, 11) is 1.81. The van der Waals surface area contributed by atoms with Crippen LogP contribution in [0, 0.1) is 5.92 Å².